The molecule has 2 saturated heterocycles. The minimum Gasteiger partial charge on any atom is -0.360 e. The van der Waals surface area contributed by atoms with E-state index < -0.39 is 0 Å². The van der Waals surface area contributed by atoms with E-state index in [0.717, 1.165) is 60.3 Å². The summed E-state index contributed by atoms with van der Waals surface area (Å²) in [5.41, 5.74) is 6.81. The summed E-state index contributed by atoms with van der Waals surface area (Å²) in [5.74, 6) is 1.70. The molecule has 9 nitrogen and oxygen atoms in total. The molecule has 0 aliphatic carbocycles. The van der Waals surface area contributed by atoms with Crippen LogP contribution in [0.25, 0.3) is 16.9 Å². The first-order valence-electron chi connectivity index (χ1n) is 17.2. The molecule has 2 aromatic heterocycles. The van der Waals surface area contributed by atoms with Crippen LogP contribution in [0.4, 0.5) is 16.3 Å². The third kappa shape index (κ3) is 6.75. The van der Waals surface area contributed by atoms with Crippen molar-refractivity contribution in [2.24, 2.45) is 5.92 Å². The SMILES string of the molecule is Cc1ccc(-n2nc(C(C)(C)C)cc2NC(=O)Nc2ccc(CC3CC4CCC(C3)N4C(=O)c3c(-c4ccccc4)noc3C)cc2)cc1. The van der Waals surface area contributed by atoms with Crippen molar-refractivity contribution >= 4 is 23.4 Å². The summed E-state index contributed by atoms with van der Waals surface area (Å²) in [7, 11) is 0. The Kier molecular flexibility index (Phi) is 8.61. The molecule has 3 amide bonds. The van der Waals surface area contributed by atoms with Gasteiger partial charge in [0.25, 0.3) is 5.91 Å². The Hall–Kier alpha value is -5.18. The summed E-state index contributed by atoms with van der Waals surface area (Å²) < 4.78 is 7.31. The molecule has 5 aromatic rings. The number of carbonyl (C=O) groups excluding carboxylic acids is 2. The minimum absolute atomic E-state index is 0.0359. The van der Waals surface area contributed by atoms with E-state index in [9.17, 15) is 9.59 Å². The molecule has 3 aromatic carbocycles. The number of rotatable bonds is 7. The standard InChI is InChI=1S/C40H44N6O3/c1-25-11-17-31(18-12-25)46-35(24-34(43-46)40(3,4)5)42-39(48)41-30-15-13-27(14-16-30)21-28-22-32-19-20-33(23-28)45(32)38(47)36-26(2)49-44-37(36)29-9-7-6-8-10-29/h6-18,24,28,32-33H,19-23H2,1-5H3,(H2,41,42,48). The molecule has 2 aliphatic heterocycles. The molecule has 9 heteroatoms. The fraction of sp³-hybridized carbons (Fsp3) is 0.350. The molecule has 2 bridgehead atoms. The largest absolute Gasteiger partial charge is 0.360 e. The average Bonchev–Trinajstić information content (AvgIpc) is 3.76. The van der Waals surface area contributed by atoms with Gasteiger partial charge in [0.05, 0.1) is 11.4 Å². The van der Waals surface area contributed by atoms with Gasteiger partial charge in [-0.25, -0.2) is 9.48 Å². The maximum absolute atomic E-state index is 14.0. The number of aromatic nitrogens is 3. The van der Waals surface area contributed by atoms with Gasteiger partial charge in [0.1, 0.15) is 22.8 Å². The normalized spacial score (nSPS) is 18.8. The van der Waals surface area contributed by atoms with Crippen LogP contribution in [-0.2, 0) is 11.8 Å². The molecule has 4 heterocycles. The number of nitrogens with zero attached hydrogens (tertiary/aromatic N) is 4. The number of amides is 3. The summed E-state index contributed by atoms with van der Waals surface area (Å²) >= 11 is 0. The molecular formula is C40H44N6O3. The lowest BCUT2D eigenvalue weighted by Crippen LogP contribution is -2.47. The number of benzene rings is 3. The van der Waals surface area contributed by atoms with Crippen molar-refractivity contribution in [2.45, 2.75) is 84.2 Å². The van der Waals surface area contributed by atoms with Crippen LogP contribution in [0.5, 0.6) is 0 Å². The quantitative estimate of drug-likeness (QED) is 0.182. The van der Waals surface area contributed by atoms with Crippen LogP contribution in [0.1, 0.15) is 79.4 Å². The van der Waals surface area contributed by atoms with Crippen LogP contribution in [0, 0.1) is 19.8 Å². The first-order valence-corrected chi connectivity index (χ1v) is 17.2. The summed E-state index contributed by atoms with van der Waals surface area (Å²) in [6.45, 7) is 10.2. The third-order valence-electron chi connectivity index (χ3n) is 9.92. The molecule has 2 fully saturated rings. The highest BCUT2D eigenvalue weighted by Crippen LogP contribution is 2.42. The Morgan fingerprint density at radius 3 is 2.20 bits per heavy atom. The van der Waals surface area contributed by atoms with E-state index >= 15 is 0 Å². The van der Waals surface area contributed by atoms with Gasteiger partial charge in [-0.3, -0.25) is 10.1 Å². The maximum Gasteiger partial charge on any atom is 0.324 e. The molecule has 2 unspecified atom stereocenters. The Bertz CT molecular complexity index is 1940. The van der Waals surface area contributed by atoms with Crippen molar-refractivity contribution in [1.82, 2.24) is 19.8 Å². The van der Waals surface area contributed by atoms with Crippen molar-refractivity contribution in [1.29, 1.82) is 0 Å². The highest BCUT2D eigenvalue weighted by molar-refractivity contribution is 6.01. The highest BCUT2D eigenvalue weighted by Gasteiger charge is 2.44. The van der Waals surface area contributed by atoms with Crippen molar-refractivity contribution in [2.75, 3.05) is 10.6 Å². The van der Waals surface area contributed by atoms with Gasteiger partial charge in [-0.1, -0.05) is 86.1 Å². The van der Waals surface area contributed by atoms with E-state index in [2.05, 4.69) is 53.6 Å². The fourth-order valence-corrected chi connectivity index (χ4v) is 7.39. The van der Waals surface area contributed by atoms with Gasteiger partial charge in [-0.05, 0) is 81.7 Å². The lowest BCUT2D eigenvalue weighted by molar-refractivity contribution is 0.0523. The number of aryl methyl sites for hydroxylation is 2. The van der Waals surface area contributed by atoms with E-state index in [1.165, 1.54) is 5.56 Å². The van der Waals surface area contributed by atoms with Crippen molar-refractivity contribution in [3.05, 3.63) is 113 Å². The molecule has 49 heavy (non-hydrogen) atoms. The second-order valence-electron chi connectivity index (χ2n) is 14.7. The van der Waals surface area contributed by atoms with E-state index in [-0.39, 0.29) is 29.4 Å². The lowest BCUT2D eigenvalue weighted by Gasteiger charge is -2.39. The van der Waals surface area contributed by atoms with Gasteiger partial charge < -0.3 is 14.7 Å². The van der Waals surface area contributed by atoms with Crippen LogP contribution in [0.3, 0.4) is 0 Å². The van der Waals surface area contributed by atoms with Crippen LogP contribution >= 0.6 is 0 Å². The number of fused-ring (bicyclic) bond motifs is 2. The number of carbonyl (C=O) groups is 2. The summed E-state index contributed by atoms with van der Waals surface area (Å²) in [4.78, 5) is 29.2. The number of hydrogen-bond acceptors (Lipinski definition) is 5. The second kappa shape index (κ2) is 13.0. The van der Waals surface area contributed by atoms with Crippen LogP contribution in [0.2, 0.25) is 0 Å². The number of nitrogens with one attached hydrogen (secondary N) is 2. The molecule has 0 saturated carbocycles. The first-order chi connectivity index (χ1) is 23.5. The maximum atomic E-state index is 14.0. The topological polar surface area (TPSA) is 105 Å². The van der Waals surface area contributed by atoms with E-state index in [1.54, 1.807) is 4.68 Å². The third-order valence-corrected chi connectivity index (χ3v) is 9.92. The highest BCUT2D eigenvalue weighted by atomic mass is 16.5. The Balaban J connectivity index is 0.981. The van der Waals surface area contributed by atoms with Gasteiger partial charge in [-0.2, -0.15) is 5.10 Å². The monoisotopic (exact) mass is 656 g/mol. The van der Waals surface area contributed by atoms with Gasteiger partial charge in [0.15, 0.2) is 0 Å². The molecule has 7 rings (SSSR count). The van der Waals surface area contributed by atoms with Crippen molar-refractivity contribution < 1.29 is 14.1 Å². The fourth-order valence-electron chi connectivity index (χ4n) is 7.39. The van der Waals surface area contributed by atoms with Gasteiger partial charge in [0.2, 0.25) is 0 Å². The predicted octanol–water partition coefficient (Wildman–Crippen LogP) is 8.71. The van der Waals surface area contributed by atoms with E-state index in [0.29, 0.717) is 28.8 Å². The number of anilines is 2. The first kappa shape index (κ1) is 32.4. The van der Waals surface area contributed by atoms with E-state index in [4.69, 9.17) is 9.62 Å². The van der Waals surface area contributed by atoms with Gasteiger partial charge >= 0.3 is 6.03 Å². The zero-order chi connectivity index (χ0) is 34.3. The molecule has 2 atom stereocenters. The van der Waals surface area contributed by atoms with Crippen LogP contribution in [-0.4, -0.2) is 43.9 Å². The smallest absolute Gasteiger partial charge is 0.324 e. The number of piperidine rings is 1. The predicted molar refractivity (Wildman–Crippen MR) is 192 cm³/mol. The molecule has 0 spiro atoms. The number of hydrogen-bond donors (Lipinski definition) is 2. The number of urea groups is 1. The molecular weight excluding hydrogens is 612 g/mol. The molecule has 252 valence electrons. The molecule has 2 N–H and O–H groups in total. The zero-order valence-electron chi connectivity index (χ0n) is 28.9. The minimum atomic E-state index is -0.325. The average molecular weight is 657 g/mol. The zero-order valence-corrected chi connectivity index (χ0v) is 28.9. The molecule has 0 radical (unpaired) electrons. The van der Waals surface area contributed by atoms with Crippen LogP contribution in [0.15, 0.2) is 89.5 Å². The molecule has 2 aliphatic rings. The van der Waals surface area contributed by atoms with Crippen LogP contribution < -0.4 is 10.6 Å². The second-order valence-corrected chi connectivity index (χ2v) is 14.7. The Labute approximate surface area is 287 Å². The summed E-state index contributed by atoms with van der Waals surface area (Å²) in [6, 6.07) is 28.0. The lowest BCUT2D eigenvalue weighted by atomic mass is 9.85. The van der Waals surface area contributed by atoms with E-state index in [1.807, 2.05) is 86.6 Å². The van der Waals surface area contributed by atoms with Gasteiger partial charge in [-0.15, -0.1) is 0 Å². The summed E-state index contributed by atoms with van der Waals surface area (Å²) in [6.07, 6.45) is 4.93. The Morgan fingerprint density at radius 2 is 1.55 bits per heavy atom. The van der Waals surface area contributed by atoms with Gasteiger partial charge in [0, 0.05) is 34.8 Å². The summed E-state index contributed by atoms with van der Waals surface area (Å²) in [5, 5.41) is 15.1. The Morgan fingerprint density at radius 1 is 0.878 bits per heavy atom. The van der Waals surface area contributed by atoms with Crippen molar-refractivity contribution in [3.8, 4) is 16.9 Å². The van der Waals surface area contributed by atoms with Crippen molar-refractivity contribution in [3.63, 3.8) is 0 Å².